The molecule has 1 aromatic carbocycles. The van der Waals surface area contributed by atoms with Gasteiger partial charge in [-0.15, -0.1) is 0 Å². The molecule has 1 aromatic rings. The average molecular weight is 456 g/mol. The summed E-state index contributed by atoms with van der Waals surface area (Å²) >= 11 is 0. The zero-order valence-electron chi connectivity index (χ0n) is 19.9. The van der Waals surface area contributed by atoms with Crippen molar-refractivity contribution in [2.45, 2.75) is 56.2 Å². The van der Waals surface area contributed by atoms with Crippen LogP contribution in [0.25, 0.3) is 0 Å². The van der Waals surface area contributed by atoms with E-state index in [9.17, 15) is 18.0 Å². The Kier molecular flexibility index (Phi) is 4.60. The second-order valence-corrected chi connectivity index (χ2v) is 9.61. The molecule has 2 fully saturated rings. The van der Waals surface area contributed by atoms with Crippen LogP contribution >= 0.6 is 0 Å². The van der Waals surface area contributed by atoms with E-state index in [4.69, 9.17) is 21.1 Å². The SMILES string of the molecule is [2H]C1([2H])CCC[C@@]2(OS(C)(=O)=O)C(=O)N3CCc4cc(OC)c(OC)cc4[C@]31[C@H]2OC(C)=O. The first-order valence-electron chi connectivity index (χ1n) is 11.0. The molecule has 170 valence electrons. The molecule has 0 unspecified atom stereocenters. The number of amides is 1. The van der Waals surface area contributed by atoms with Crippen molar-refractivity contribution >= 4 is 22.0 Å². The number of ether oxygens (including phenoxy) is 3. The first kappa shape index (κ1) is 19.4. The molecular formula is C21H27NO8S. The minimum atomic E-state index is -4.18. The molecule has 1 amide bonds. The fourth-order valence-electron chi connectivity index (χ4n) is 5.15. The van der Waals surface area contributed by atoms with Crippen LogP contribution in [0, 0.1) is 0 Å². The van der Waals surface area contributed by atoms with Gasteiger partial charge in [0.05, 0.1) is 20.5 Å². The number of hydrogen-bond acceptors (Lipinski definition) is 8. The van der Waals surface area contributed by atoms with Crippen LogP contribution in [-0.2, 0) is 40.6 Å². The minimum Gasteiger partial charge on any atom is -0.493 e. The lowest BCUT2D eigenvalue weighted by molar-refractivity contribution is -0.164. The van der Waals surface area contributed by atoms with Crippen LogP contribution in [0.5, 0.6) is 11.5 Å². The highest BCUT2D eigenvalue weighted by Crippen LogP contribution is 2.58. The van der Waals surface area contributed by atoms with Crippen molar-refractivity contribution < 1.29 is 39.1 Å². The van der Waals surface area contributed by atoms with E-state index in [2.05, 4.69) is 0 Å². The Balaban J connectivity index is 2.11. The predicted molar refractivity (Wildman–Crippen MR) is 109 cm³/mol. The van der Waals surface area contributed by atoms with E-state index in [-0.39, 0.29) is 25.8 Å². The molecule has 0 N–H and O–H groups in total. The lowest BCUT2D eigenvalue weighted by atomic mass is 9.74. The van der Waals surface area contributed by atoms with E-state index >= 15 is 0 Å². The van der Waals surface area contributed by atoms with Gasteiger partial charge in [0, 0.05) is 16.2 Å². The van der Waals surface area contributed by atoms with Crippen LogP contribution in [0.15, 0.2) is 12.1 Å². The number of carbonyl (C=O) groups is 2. The fourth-order valence-corrected chi connectivity index (χ4v) is 5.93. The van der Waals surface area contributed by atoms with E-state index in [0.29, 0.717) is 29.0 Å². The molecule has 9 nitrogen and oxygen atoms in total. The molecule has 2 aliphatic heterocycles. The normalized spacial score (nSPS) is 32.2. The Morgan fingerprint density at radius 3 is 2.52 bits per heavy atom. The lowest BCUT2D eigenvalue weighted by Crippen LogP contribution is -2.55. The van der Waals surface area contributed by atoms with E-state index < -0.39 is 45.6 Å². The van der Waals surface area contributed by atoms with Gasteiger partial charge >= 0.3 is 5.97 Å². The third kappa shape index (κ3) is 3.18. The summed E-state index contributed by atoms with van der Waals surface area (Å²) in [6, 6.07) is 3.30. The summed E-state index contributed by atoms with van der Waals surface area (Å²) in [5.74, 6) is -0.741. The number of nitrogens with zero attached hydrogens (tertiary/aromatic N) is 1. The summed E-state index contributed by atoms with van der Waals surface area (Å²) < 4.78 is 64.8. The van der Waals surface area contributed by atoms with E-state index in [1.54, 1.807) is 12.1 Å². The summed E-state index contributed by atoms with van der Waals surface area (Å²) in [4.78, 5) is 27.4. The smallest absolute Gasteiger partial charge is 0.303 e. The number of methoxy groups -OCH3 is 2. The highest BCUT2D eigenvalue weighted by molar-refractivity contribution is 7.86. The van der Waals surface area contributed by atoms with Gasteiger partial charge in [-0.1, -0.05) is 6.42 Å². The maximum Gasteiger partial charge on any atom is 0.303 e. The Morgan fingerprint density at radius 1 is 1.23 bits per heavy atom. The molecule has 3 atom stereocenters. The standard InChI is InChI=1S/C21H27NO8S/c1-13(23)29-18-20-8-5-6-9-21(18,30-31(4,25)26)19(24)22(20)10-7-14-11-16(27-2)17(28-3)12-15(14)20/h11-12,18H,5-10H2,1-4H3/t18-,20-,21+/m1/s1/i8D2. The monoisotopic (exact) mass is 455 g/mol. The van der Waals surface area contributed by atoms with Crippen molar-refractivity contribution in [3.05, 3.63) is 23.3 Å². The van der Waals surface area contributed by atoms with Gasteiger partial charge in [0.25, 0.3) is 16.0 Å². The molecular weight excluding hydrogens is 426 g/mol. The summed E-state index contributed by atoms with van der Waals surface area (Å²) in [5.41, 5.74) is -2.81. The van der Waals surface area contributed by atoms with Crippen LogP contribution in [0.4, 0.5) is 0 Å². The first-order chi connectivity index (χ1) is 15.3. The zero-order chi connectivity index (χ0) is 24.4. The first-order valence-corrected chi connectivity index (χ1v) is 11.8. The molecule has 2 heterocycles. The van der Waals surface area contributed by atoms with Crippen LogP contribution < -0.4 is 9.47 Å². The molecule has 0 radical (unpaired) electrons. The van der Waals surface area contributed by atoms with Gasteiger partial charge in [0.1, 0.15) is 5.54 Å². The second kappa shape index (κ2) is 7.37. The quantitative estimate of drug-likeness (QED) is 0.486. The molecule has 1 spiro atoms. The van der Waals surface area contributed by atoms with Gasteiger partial charge in [0.2, 0.25) is 5.60 Å². The summed E-state index contributed by atoms with van der Waals surface area (Å²) in [6.07, 6.45) is -2.40. The summed E-state index contributed by atoms with van der Waals surface area (Å²) in [6.45, 7) is 1.23. The van der Waals surface area contributed by atoms with Gasteiger partial charge in [-0.3, -0.25) is 9.59 Å². The van der Waals surface area contributed by atoms with Crippen molar-refractivity contribution in [1.82, 2.24) is 4.90 Å². The molecule has 1 saturated heterocycles. The van der Waals surface area contributed by atoms with Crippen molar-refractivity contribution in [2.24, 2.45) is 0 Å². The summed E-state index contributed by atoms with van der Waals surface area (Å²) in [5, 5.41) is 0. The second-order valence-electron chi connectivity index (χ2n) is 8.03. The van der Waals surface area contributed by atoms with Crippen molar-refractivity contribution in [3.63, 3.8) is 0 Å². The third-order valence-corrected chi connectivity index (χ3v) is 6.76. The van der Waals surface area contributed by atoms with Crippen LogP contribution in [0.1, 0.15) is 46.4 Å². The maximum atomic E-state index is 13.9. The number of hydrogen-bond donors (Lipinski definition) is 0. The molecule has 4 rings (SSSR count). The largest absolute Gasteiger partial charge is 0.493 e. The van der Waals surface area contributed by atoms with E-state index in [1.165, 1.54) is 19.1 Å². The molecule has 1 saturated carbocycles. The van der Waals surface area contributed by atoms with Gasteiger partial charge in [0.15, 0.2) is 17.6 Å². The molecule has 2 bridgehead atoms. The Bertz CT molecular complexity index is 1120. The van der Waals surface area contributed by atoms with Crippen molar-refractivity contribution in [2.75, 3.05) is 27.0 Å². The van der Waals surface area contributed by atoms with E-state index in [0.717, 1.165) is 13.2 Å². The maximum absolute atomic E-state index is 13.9. The van der Waals surface area contributed by atoms with Crippen LogP contribution in [0.2, 0.25) is 0 Å². The number of benzene rings is 1. The van der Waals surface area contributed by atoms with Gasteiger partial charge in [-0.05, 0) is 48.9 Å². The molecule has 3 aliphatic rings. The minimum absolute atomic E-state index is 0.00278. The van der Waals surface area contributed by atoms with E-state index in [1.807, 2.05) is 0 Å². The number of esters is 1. The van der Waals surface area contributed by atoms with Crippen molar-refractivity contribution in [3.8, 4) is 11.5 Å². The van der Waals surface area contributed by atoms with Crippen LogP contribution in [-0.4, -0.2) is 63.9 Å². The molecule has 1 aliphatic carbocycles. The van der Waals surface area contributed by atoms with Gasteiger partial charge < -0.3 is 19.1 Å². The number of fused-ring (bicyclic) bond motifs is 2. The molecule has 0 aromatic heterocycles. The number of carbonyl (C=O) groups excluding carboxylic acids is 2. The average Bonchev–Trinajstić information content (AvgIpc) is 2.86. The highest BCUT2D eigenvalue weighted by Gasteiger charge is 2.72. The predicted octanol–water partition coefficient (Wildman–Crippen LogP) is 1.52. The molecule has 10 heteroatoms. The van der Waals surface area contributed by atoms with Crippen molar-refractivity contribution in [1.29, 1.82) is 0 Å². The molecule has 31 heavy (non-hydrogen) atoms. The Hall–Kier alpha value is -2.33. The topological polar surface area (TPSA) is 108 Å². The van der Waals surface area contributed by atoms with Crippen LogP contribution in [0.3, 0.4) is 0 Å². The highest BCUT2D eigenvalue weighted by atomic mass is 32.2. The Labute approximate surface area is 184 Å². The van der Waals surface area contributed by atoms with Gasteiger partial charge in [-0.2, -0.15) is 8.42 Å². The Morgan fingerprint density at radius 2 is 1.90 bits per heavy atom. The number of rotatable bonds is 5. The fraction of sp³-hybridized carbons (Fsp3) is 0.619. The third-order valence-electron chi connectivity index (χ3n) is 6.16. The lowest BCUT2D eigenvalue weighted by Gasteiger charge is -2.46. The zero-order valence-corrected chi connectivity index (χ0v) is 18.7. The van der Waals surface area contributed by atoms with Gasteiger partial charge in [-0.25, -0.2) is 4.18 Å². The summed E-state index contributed by atoms with van der Waals surface area (Å²) in [7, 11) is -1.26.